The van der Waals surface area contributed by atoms with Gasteiger partial charge in [-0.15, -0.1) is 0 Å². The van der Waals surface area contributed by atoms with Crippen LogP contribution in [0.5, 0.6) is 17.2 Å². The summed E-state index contributed by atoms with van der Waals surface area (Å²) in [6.07, 6.45) is 1.07. The number of benzene rings is 2. The largest absolute Gasteiger partial charge is 0.497 e. The number of Topliss-reactive ketones (excluding diaryl/α,β-unsaturated/α-hetero) is 1. The van der Waals surface area contributed by atoms with Crippen molar-refractivity contribution in [1.82, 2.24) is 5.32 Å². The van der Waals surface area contributed by atoms with Crippen LogP contribution in [0.4, 0.5) is 0 Å². The maximum Gasteiger partial charge on any atom is 0.164 e. The monoisotopic (exact) mass is 430 g/mol. The van der Waals surface area contributed by atoms with Gasteiger partial charge in [0.05, 0.1) is 38.9 Å². The number of nitriles is 1. The summed E-state index contributed by atoms with van der Waals surface area (Å²) >= 11 is 0. The van der Waals surface area contributed by atoms with Crippen molar-refractivity contribution in [3.05, 3.63) is 76.1 Å². The molecule has 0 saturated heterocycles. The molecular weight excluding hydrogens is 404 g/mol. The number of ketones is 1. The first-order chi connectivity index (χ1) is 15.5. The molecule has 0 radical (unpaired) electrons. The highest BCUT2D eigenvalue weighted by molar-refractivity contribution is 6.00. The lowest BCUT2D eigenvalue weighted by atomic mass is 9.72. The molecule has 0 unspecified atom stereocenters. The highest BCUT2D eigenvalue weighted by atomic mass is 16.5. The summed E-state index contributed by atoms with van der Waals surface area (Å²) in [5.74, 6) is 1.50. The van der Waals surface area contributed by atoms with E-state index in [-0.39, 0.29) is 11.7 Å². The fourth-order valence-electron chi connectivity index (χ4n) is 4.75. The number of allylic oxidation sites excluding steroid dienone is 4. The molecule has 2 aromatic rings. The van der Waals surface area contributed by atoms with Crippen molar-refractivity contribution in [3.63, 3.8) is 0 Å². The fourth-order valence-corrected chi connectivity index (χ4v) is 4.75. The Bertz CT molecular complexity index is 1160. The Morgan fingerprint density at radius 2 is 1.75 bits per heavy atom. The molecule has 0 fully saturated rings. The third kappa shape index (κ3) is 3.60. The summed E-state index contributed by atoms with van der Waals surface area (Å²) in [5, 5.41) is 13.3. The summed E-state index contributed by atoms with van der Waals surface area (Å²) in [6, 6.07) is 15.7. The van der Waals surface area contributed by atoms with Crippen LogP contribution in [-0.4, -0.2) is 27.1 Å². The van der Waals surface area contributed by atoms with Crippen LogP contribution in [0.2, 0.25) is 0 Å². The van der Waals surface area contributed by atoms with Crippen LogP contribution in [0.25, 0.3) is 0 Å². The van der Waals surface area contributed by atoms with E-state index >= 15 is 0 Å². The van der Waals surface area contributed by atoms with Gasteiger partial charge in [-0.1, -0.05) is 24.3 Å². The zero-order valence-electron chi connectivity index (χ0n) is 18.7. The molecule has 6 heteroatoms. The third-order valence-electron chi connectivity index (χ3n) is 6.28. The number of nitrogens with one attached hydrogen (secondary N) is 1. The number of methoxy groups -OCH3 is 3. The zero-order valence-corrected chi connectivity index (χ0v) is 18.7. The predicted octanol–water partition coefficient (Wildman–Crippen LogP) is 4.60. The summed E-state index contributed by atoms with van der Waals surface area (Å²) in [5.41, 5.74) is 4.64. The van der Waals surface area contributed by atoms with E-state index in [0.29, 0.717) is 35.5 Å². The standard InChI is InChI=1S/C26H26N2O4/c1-15-20(14-27)24(19-6-5-7-23(31-3)26(19)32-4)25-21(28-15)12-17(13-22(25)29)16-8-10-18(30-2)11-9-16/h5-11,17,24,28H,12-13H2,1-4H3/t17-,24+/m0/s1. The molecular formula is C26H26N2O4. The first kappa shape index (κ1) is 21.5. The molecule has 0 aromatic heterocycles. The molecule has 0 bridgehead atoms. The van der Waals surface area contributed by atoms with E-state index < -0.39 is 5.92 Å². The average molecular weight is 431 g/mol. The summed E-state index contributed by atoms with van der Waals surface area (Å²) in [7, 11) is 4.78. The van der Waals surface area contributed by atoms with Crippen molar-refractivity contribution in [2.75, 3.05) is 21.3 Å². The lowest BCUT2D eigenvalue weighted by Gasteiger charge is -2.36. The van der Waals surface area contributed by atoms with E-state index in [4.69, 9.17) is 14.2 Å². The molecule has 1 aliphatic heterocycles. The van der Waals surface area contributed by atoms with Gasteiger partial charge in [0, 0.05) is 29.0 Å². The number of hydrogen-bond donors (Lipinski definition) is 1. The quantitative estimate of drug-likeness (QED) is 0.747. The number of nitrogens with zero attached hydrogens (tertiary/aromatic N) is 1. The molecule has 164 valence electrons. The van der Waals surface area contributed by atoms with Crippen LogP contribution >= 0.6 is 0 Å². The Morgan fingerprint density at radius 1 is 1.00 bits per heavy atom. The smallest absolute Gasteiger partial charge is 0.164 e. The fraction of sp³-hybridized carbons (Fsp3) is 0.308. The number of ether oxygens (including phenoxy) is 3. The van der Waals surface area contributed by atoms with E-state index in [2.05, 4.69) is 11.4 Å². The van der Waals surface area contributed by atoms with E-state index in [1.165, 1.54) is 0 Å². The minimum Gasteiger partial charge on any atom is -0.497 e. The Morgan fingerprint density at radius 3 is 2.38 bits per heavy atom. The molecule has 0 amide bonds. The maximum absolute atomic E-state index is 13.5. The van der Waals surface area contributed by atoms with Crippen LogP contribution < -0.4 is 19.5 Å². The van der Waals surface area contributed by atoms with Gasteiger partial charge in [0.2, 0.25) is 0 Å². The highest BCUT2D eigenvalue weighted by Gasteiger charge is 2.40. The van der Waals surface area contributed by atoms with Crippen LogP contribution in [0, 0.1) is 11.3 Å². The zero-order chi connectivity index (χ0) is 22.8. The van der Waals surface area contributed by atoms with Gasteiger partial charge in [0.25, 0.3) is 0 Å². The van der Waals surface area contributed by atoms with Crippen molar-refractivity contribution < 1.29 is 19.0 Å². The number of rotatable bonds is 5. The van der Waals surface area contributed by atoms with E-state index in [1.54, 1.807) is 21.3 Å². The minimum atomic E-state index is -0.495. The van der Waals surface area contributed by atoms with Crippen molar-refractivity contribution >= 4 is 5.78 Å². The Labute approximate surface area is 188 Å². The van der Waals surface area contributed by atoms with Crippen LogP contribution in [-0.2, 0) is 4.79 Å². The second-order valence-electron chi connectivity index (χ2n) is 7.98. The molecule has 1 aliphatic carbocycles. The summed E-state index contributed by atoms with van der Waals surface area (Å²) in [4.78, 5) is 13.5. The van der Waals surface area contributed by atoms with Gasteiger partial charge in [0.1, 0.15) is 5.75 Å². The molecule has 2 atom stereocenters. The normalized spacial score (nSPS) is 20.3. The van der Waals surface area contributed by atoms with Crippen molar-refractivity contribution in [2.45, 2.75) is 31.6 Å². The van der Waals surface area contributed by atoms with Gasteiger partial charge in [-0.25, -0.2) is 0 Å². The number of hydrogen-bond acceptors (Lipinski definition) is 6. The van der Waals surface area contributed by atoms with E-state index in [9.17, 15) is 10.1 Å². The maximum atomic E-state index is 13.5. The Balaban J connectivity index is 1.80. The second kappa shape index (κ2) is 8.80. The van der Waals surface area contributed by atoms with Crippen molar-refractivity contribution in [1.29, 1.82) is 5.26 Å². The van der Waals surface area contributed by atoms with Crippen LogP contribution in [0.15, 0.2) is 65.0 Å². The molecule has 4 rings (SSSR count). The number of carbonyl (C=O) groups excluding carboxylic acids is 1. The molecule has 1 heterocycles. The lowest BCUT2D eigenvalue weighted by molar-refractivity contribution is -0.116. The Kier molecular flexibility index (Phi) is 5.91. The van der Waals surface area contributed by atoms with E-state index in [0.717, 1.165) is 28.3 Å². The molecule has 2 aromatic carbocycles. The van der Waals surface area contributed by atoms with Gasteiger partial charge in [-0.3, -0.25) is 4.79 Å². The molecule has 2 aliphatic rings. The van der Waals surface area contributed by atoms with Crippen LogP contribution in [0.1, 0.15) is 42.7 Å². The summed E-state index contributed by atoms with van der Waals surface area (Å²) in [6.45, 7) is 1.88. The molecule has 1 N–H and O–H groups in total. The second-order valence-corrected chi connectivity index (χ2v) is 7.98. The van der Waals surface area contributed by atoms with Gasteiger partial charge in [-0.05, 0) is 43.0 Å². The van der Waals surface area contributed by atoms with Gasteiger partial charge >= 0.3 is 0 Å². The molecule has 0 saturated carbocycles. The SMILES string of the molecule is COc1ccc([C@@H]2CC(=O)C3=C(C2)NC(C)=C(C#N)[C@H]3c2cccc(OC)c2OC)cc1. The third-order valence-corrected chi connectivity index (χ3v) is 6.28. The van der Waals surface area contributed by atoms with E-state index in [1.807, 2.05) is 49.4 Å². The van der Waals surface area contributed by atoms with Gasteiger partial charge in [0.15, 0.2) is 17.3 Å². The number of dihydropyridines is 1. The number of para-hydroxylation sites is 1. The predicted molar refractivity (Wildman–Crippen MR) is 121 cm³/mol. The molecule has 6 nitrogen and oxygen atoms in total. The van der Waals surface area contributed by atoms with Crippen molar-refractivity contribution in [3.8, 4) is 23.3 Å². The molecule has 32 heavy (non-hydrogen) atoms. The minimum absolute atomic E-state index is 0.0368. The topological polar surface area (TPSA) is 80.6 Å². The number of carbonyl (C=O) groups is 1. The highest BCUT2D eigenvalue weighted by Crippen LogP contribution is 2.48. The van der Waals surface area contributed by atoms with Gasteiger partial charge < -0.3 is 19.5 Å². The average Bonchev–Trinajstić information content (AvgIpc) is 2.82. The summed E-state index contributed by atoms with van der Waals surface area (Å²) < 4.78 is 16.4. The Hall–Kier alpha value is -3.72. The van der Waals surface area contributed by atoms with Crippen molar-refractivity contribution in [2.24, 2.45) is 0 Å². The van der Waals surface area contributed by atoms with Crippen LogP contribution in [0.3, 0.4) is 0 Å². The first-order valence-corrected chi connectivity index (χ1v) is 10.5. The first-order valence-electron chi connectivity index (χ1n) is 10.5. The molecule has 0 spiro atoms. The van der Waals surface area contributed by atoms with Gasteiger partial charge in [-0.2, -0.15) is 5.26 Å². The lowest BCUT2D eigenvalue weighted by Crippen LogP contribution is -2.33.